The molecule has 0 atom stereocenters. The number of rotatable bonds is 3. The first kappa shape index (κ1) is 8.66. The van der Waals surface area contributed by atoms with Gasteiger partial charge in [-0.1, -0.05) is 0 Å². The molecule has 0 fully saturated rings. The van der Waals surface area contributed by atoms with Crippen LogP contribution in [0.2, 0.25) is 0 Å². The lowest BCUT2D eigenvalue weighted by Crippen LogP contribution is -2.05. The van der Waals surface area contributed by atoms with Crippen molar-refractivity contribution >= 4 is 5.97 Å². The Balaban J connectivity index is 2.70. The highest BCUT2D eigenvalue weighted by Gasteiger charge is 2.13. The van der Waals surface area contributed by atoms with Crippen molar-refractivity contribution in [1.82, 2.24) is 15.5 Å². The first-order valence-electron chi connectivity index (χ1n) is 3.33. The molecule has 1 aromatic rings. The normalized spacial score (nSPS) is 9.83. The summed E-state index contributed by atoms with van der Waals surface area (Å²) < 4.78 is 9.29. The van der Waals surface area contributed by atoms with Crippen molar-refractivity contribution in [3.8, 4) is 0 Å². The summed E-state index contributed by atoms with van der Waals surface area (Å²) in [7, 11) is 2.99. The number of esters is 1. The van der Waals surface area contributed by atoms with Gasteiger partial charge in [0, 0.05) is 0 Å². The molecule has 0 amide bonds. The fourth-order valence-corrected chi connectivity index (χ4v) is 0.646. The SMILES string of the molecule is CNCc1nnc(C(=O)OC)o1. The molecule has 0 aliphatic heterocycles. The maximum atomic E-state index is 10.8. The predicted molar refractivity (Wildman–Crippen MR) is 38.4 cm³/mol. The van der Waals surface area contributed by atoms with Crippen LogP contribution in [0.25, 0.3) is 0 Å². The van der Waals surface area contributed by atoms with E-state index in [9.17, 15) is 4.79 Å². The summed E-state index contributed by atoms with van der Waals surface area (Å²) in [6, 6.07) is 0. The van der Waals surface area contributed by atoms with Crippen molar-refractivity contribution < 1.29 is 13.9 Å². The van der Waals surface area contributed by atoms with Gasteiger partial charge in [0.25, 0.3) is 0 Å². The molecule has 6 nitrogen and oxygen atoms in total. The van der Waals surface area contributed by atoms with Crippen LogP contribution >= 0.6 is 0 Å². The molecule has 0 radical (unpaired) electrons. The number of hydrogen-bond donors (Lipinski definition) is 1. The smallest absolute Gasteiger partial charge is 0.396 e. The van der Waals surface area contributed by atoms with Crippen LogP contribution in [0, 0.1) is 0 Å². The third-order valence-corrected chi connectivity index (χ3v) is 1.15. The van der Waals surface area contributed by atoms with Gasteiger partial charge >= 0.3 is 11.9 Å². The molecule has 0 saturated heterocycles. The number of hydrogen-bond acceptors (Lipinski definition) is 6. The molecule has 0 bridgehead atoms. The molecule has 12 heavy (non-hydrogen) atoms. The maximum Gasteiger partial charge on any atom is 0.396 e. The second kappa shape index (κ2) is 3.82. The number of nitrogens with one attached hydrogen (secondary N) is 1. The van der Waals surface area contributed by atoms with E-state index in [1.807, 2.05) is 0 Å². The topological polar surface area (TPSA) is 77.2 Å². The van der Waals surface area contributed by atoms with Gasteiger partial charge in [-0.25, -0.2) is 4.79 Å². The van der Waals surface area contributed by atoms with E-state index in [0.29, 0.717) is 12.4 Å². The Morgan fingerprint density at radius 1 is 1.67 bits per heavy atom. The van der Waals surface area contributed by atoms with Crippen molar-refractivity contribution in [2.45, 2.75) is 6.54 Å². The number of ether oxygens (including phenoxy) is 1. The Morgan fingerprint density at radius 3 is 3.00 bits per heavy atom. The van der Waals surface area contributed by atoms with Crippen LogP contribution in [0.1, 0.15) is 16.6 Å². The van der Waals surface area contributed by atoms with Crippen LogP contribution in [0.4, 0.5) is 0 Å². The van der Waals surface area contributed by atoms with E-state index in [1.54, 1.807) is 7.05 Å². The zero-order chi connectivity index (χ0) is 8.97. The van der Waals surface area contributed by atoms with E-state index in [1.165, 1.54) is 7.11 Å². The lowest BCUT2D eigenvalue weighted by atomic mass is 10.6. The van der Waals surface area contributed by atoms with Crippen LogP contribution in [-0.2, 0) is 11.3 Å². The Labute approximate surface area is 68.9 Å². The molecule has 66 valence electrons. The van der Waals surface area contributed by atoms with E-state index < -0.39 is 5.97 Å². The fraction of sp³-hybridized carbons (Fsp3) is 0.500. The summed E-state index contributed by atoms with van der Waals surface area (Å²) in [5.74, 6) is -0.384. The minimum Gasteiger partial charge on any atom is -0.462 e. The van der Waals surface area contributed by atoms with Crippen LogP contribution < -0.4 is 5.32 Å². The average molecular weight is 171 g/mol. The summed E-state index contributed by atoms with van der Waals surface area (Å²) in [5.41, 5.74) is 0. The first-order valence-corrected chi connectivity index (χ1v) is 3.33. The zero-order valence-corrected chi connectivity index (χ0v) is 6.83. The minimum atomic E-state index is -0.621. The Kier molecular flexibility index (Phi) is 2.76. The number of carbonyl (C=O) groups is 1. The van der Waals surface area contributed by atoms with Crippen molar-refractivity contribution in [3.05, 3.63) is 11.8 Å². The lowest BCUT2D eigenvalue weighted by molar-refractivity contribution is 0.0553. The molecule has 1 heterocycles. The summed E-state index contributed by atoms with van der Waals surface area (Å²) in [5, 5.41) is 9.88. The van der Waals surface area contributed by atoms with Gasteiger partial charge in [-0.05, 0) is 7.05 Å². The number of carbonyl (C=O) groups excluding carboxylic acids is 1. The first-order chi connectivity index (χ1) is 5.77. The van der Waals surface area contributed by atoms with Crippen LogP contribution in [0.5, 0.6) is 0 Å². The van der Waals surface area contributed by atoms with Gasteiger partial charge in [0.15, 0.2) is 0 Å². The molecule has 0 spiro atoms. The van der Waals surface area contributed by atoms with E-state index in [-0.39, 0.29) is 5.89 Å². The Hall–Kier alpha value is -1.43. The van der Waals surface area contributed by atoms with E-state index >= 15 is 0 Å². The van der Waals surface area contributed by atoms with E-state index in [2.05, 4.69) is 20.3 Å². The van der Waals surface area contributed by atoms with Gasteiger partial charge in [0.1, 0.15) is 0 Å². The fourth-order valence-electron chi connectivity index (χ4n) is 0.646. The lowest BCUT2D eigenvalue weighted by Gasteiger charge is -1.90. The highest BCUT2D eigenvalue weighted by molar-refractivity contribution is 5.83. The number of nitrogens with zero attached hydrogens (tertiary/aromatic N) is 2. The molecule has 0 aliphatic carbocycles. The molecule has 0 unspecified atom stereocenters. The van der Waals surface area contributed by atoms with Crippen LogP contribution in [0.3, 0.4) is 0 Å². The van der Waals surface area contributed by atoms with Crippen molar-refractivity contribution in [1.29, 1.82) is 0 Å². The Bertz CT molecular complexity index is 271. The van der Waals surface area contributed by atoms with Gasteiger partial charge < -0.3 is 14.5 Å². The van der Waals surface area contributed by atoms with Crippen LogP contribution in [-0.4, -0.2) is 30.3 Å². The van der Waals surface area contributed by atoms with Crippen molar-refractivity contribution in [3.63, 3.8) is 0 Å². The van der Waals surface area contributed by atoms with Gasteiger partial charge in [-0.3, -0.25) is 0 Å². The molecule has 6 heteroatoms. The van der Waals surface area contributed by atoms with Gasteiger partial charge in [0.2, 0.25) is 5.89 Å². The number of methoxy groups -OCH3 is 1. The molecular weight excluding hydrogens is 162 g/mol. The molecule has 1 aromatic heterocycles. The van der Waals surface area contributed by atoms with Gasteiger partial charge in [-0.15, -0.1) is 10.2 Å². The summed E-state index contributed by atoms with van der Waals surface area (Å²) in [6.45, 7) is 0.435. The monoisotopic (exact) mass is 171 g/mol. The minimum absolute atomic E-state index is 0.122. The standard InChI is InChI=1S/C6H9N3O3/c1-7-3-4-8-9-5(12-4)6(10)11-2/h7H,3H2,1-2H3. The van der Waals surface area contributed by atoms with Crippen molar-refractivity contribution in [2.24, 2.45) is 0 Å². The third-order valence-electron chi connectivity index (χ3n) is 1.15. The Morgan fingerprint density at radius 2 is 2.42 bits per heavy atom. The molecule has 1 rings (SSSR count). The van der Waals surface area contributed by atoms with Gasteiger partial charge in [0.05, 0.1) is 13.7 Å². The molecule has 1 N–H and O–H groups in total. The van der Waals surface area contributed by atoms with E-state index in [4.69, 9.17) is 4.42 Å². The molecule has 0 saturated carbocycles. The van der Waals surface area contributed by atoms with E-state index in [0.717, 1.165) is 0 Å². The van der Waals surface area contributed by atoms with Crippen molar-refractivity contribution in [2.75, 3.05) is 14.2 Å². The summed E-state index contributed by atoms with van der Waals surface area (Å²) in [4.78, 5) is 10.8. The number of aromatic nitrogens is 2. The third kappa shape index (κ3) is 1.79. The largest absolute Gasteiger partial charge is 0.462 e. The average Bonchev–Trinajstić information content (AvgIpc) is 2.52. The highest BCUT2D eigenvalue weighted by Crippen LogP contribution is 1.99. The second-order valence-corrected chi connectivity index (χ2v) is 2.02. The maximum absolute atomic E-state index is 10.8. The molecular formula is C6H9N3O3. The summed E-state index contributed by atoms with van der Waals surface area (Å²) >= 11 is 0. The quantitative estimate of drug-likeness (QED) is 0.622. The second-order valence-electron chi connectivity index (χ2n) is 2.02. The molecule has 0 aromatic carbocycles. The molecule has 0 aliphatic rings. The zero-order valence-electron chi connectivity index (χ0n) is 6.83. The highest BCUT2D eigenvalue weighted by atomic mass is 16.5. The van der Waals surface area contributed by atoms with Crippen LogP contribution in [0.15, 0.2) is 4.42 Å². The van der Waals surface area contributed by atoms with Gasteiger partial charge in [-0.2, -0.15) is 0 Å². The summed E-state index contributed by atoms with van der Waals surface area (Å²) in [6.07, 6.45) is 0. The predicted octanol–water partition coefficient (Wildman–Crippen LogP) is -0.424.